The molecule has 30 heavy (non-hydrogen) atoms. The molecule has 2 unspecified atom stereocenters. The van der Waals surface area contributed by atoms with Crippen molar-refractivity contribution in [2.45, 2.75) is 32.9 Å². The van der Waals surface area contributed by atoms with Gasteiger partial charge in [0.1, 0.15) is 11.8 Å². The fourth-order valence-corrected chi connectivity index (χ4v) is 3.40. The number of ether oxygens (including phenoxy) is 1. The van der Waals surface area contributed by atoms with Gasteiger partial charge in [-0.1, -0.05) is 50.2 Å². The predicted molar refractivity (Wildman–Crippen MR) is 120 cm³/mol. The van der Waals surface area contributed by atoms with E-state index in [0.29, 0.717) is 12.1 Å². The van der Waals surface area contributed by atoms with Crippen molar-refractivity contribution >= 4 is 11.8 Å². The minimum absolute atomic E-state index is 0.0537. The van der Waals surface area contributed by atoms with Crippen molar-refractivity contribution in [2.24, 2.45) is 5.92 Å². The first kappa shape index (κ1) is 23.4. The van der Waals surface area contributed by atoms with E-state index in [1.54, 1.807) is 13.2 Å². The third kappa shape index (κ3) is 5.83. The van der Waals surface area contributed by atoms with Crippen molar-refractivity contribution in [1.29, 1.82) is 0 Å². The molecule has 0 heterocycles. The highest BCUT2D eigenvalue weighted by Gasteiger charge is 2.27. The first-order valence-corrected chi connectivity index (χ1v) is 10.2. The number of hydrogen-bond acceptors (Lipinski definition) is 4. The first-order chi connectivity index (χ1) is 14.3. The van der Waals surface area contributed by atoms with Crippen LogP contribution in [0.25, 0.3) is 0 Å². The summed E-state index contributed by atoms with van der Waals surface area (Å²) in [5, 5.41) is 5.92. The summed E-state index contributed by atoms with van der Waals surface area (Å²) in [4.78, 5) is 27.7. The third-order valence-corrected chi connectivity index (χ3v) is 5.22. The standard InChI is InChI=1S/C24H33N3O3/c1-16(2)22(26-23(28)18-12-8-7-11-17(18)3)24(29)25-15-20(27(4)5)19-13-9-10-14-21(19)30-6/h7-14,16,20,22H,15H2,1-6H3,(H,25,29)(H,26,28). The van der Waals surface area contributed by atoms with Crippen molar-refractivity contribution in [3.63, 3.8) is 0 Å². The number of likely N-dealkylation sites (N-methyl/N-ethyl adjacent to an activating group) is 1. The maximum absolute atomic E-state index is 13.0. The maximum Gasteiger partial charge on any atom is 0.252 e. The number of rotatable bonds is 9. The highest BCUT2D eigenvalue weighted by molar-refractivity contribution is 5.98. The van der Waals surface area contributed by atoms with Crippen molar-refractivity contribution in [3.05, 3.63) is 65.2 Å². The fraction of sp³-hybridized carbons (Fsp3) is 0.417. The van der Waals surface area contributed by atoms with Crippen LogP contribution < -0.4 is 15.4 Å². The van der Waals surface area contributed by atoms with Gasteiger partial charge in [0, 0.05) is 17.7 Å². The molecule has 2 atom stereocenters. The van der Waals surface area contributed by atoms with E-state index in [9.17, 15) is 9.59 Å². The van der Waals surface area contributed by atoms with E-state index in [2.05, 4.69) is 10.6 Å². The van der Waals surface area contributed by atoms with E-state index in [-0.39, 0.29) is 23.8 Å². The molecule has 0 radical (unpaired) electrons. The van der Waals surface area contributed by atoms with E-state index in [0.717, 1.165) is 16.9 Å². The van der Waals surface area contributed by atoms with Gasteiger partial charge in [0.15, 0.2) is 0 Å². The van der Waals surface area contributed by atoms with Crippen LogP contribution in [0.5, 0.6) is 5.75 Å². The molecule has 0 aliphatic heterocycles. The van der Waals surface area contributed by atoms with Gasteiger partial charge in [-0.2, -0.15) is 0 Å². The molecule has 2 aromatic rings. The molecule has 6 nitrogen and oxygen atoms in total. The SMILES string of the molecule is COc1ccccc1C(CNC(=O)C(NC(=O)c1ccccc1C)C(C)C)N(C)C. The molecule has 2 rings (SSSR count). The van der Waals surface area contributed by atoms with E-state index in [4.69, 9.17) is 4.74 Å². The van der Waals surface area contributed by atoms with Crippen molar-refractivity contribution in [2.75, 3.05) is 27.7 Å². The van der Waals surface area contributed by atoms with Crippen LogP contribution in [0.2, 0.25) is 0 Å². The smallest absolute Gasteiger partial charge is 0.252 e. The van der Waals surface area contributed by atoms with Gasteiger partial charge in [0.05, 0.1) is 13.2 Å². The summed E-state index contributed by atoms with van der Waals surface area (Å²) in [6.45, 7) is 6.13. The number of aryl methyl sites for hydroxylation is 1. The maximum atomic E-state index is 13.0. The van der Waals surface area contributed by atoms with Gasteiger partial charge in [0.25, 0.3) is 5.91 Å². The first-order valence-electron chi connectivity index (χ1n) is 10.2. The molecular formula is C24H33N3O3. The number of nitrogens with one attached hydrogen (secondary N) is 2. The number of carbonyl (C=O) groups is 2. The summed E-state index contributed by atoms with van der Waals surface area (Å²) >= 11 is 0. The molecule has 0 aliphatic rings. The molecule has 0 aliphatic carbocycles. The molecule has 2 aromatic carbocycles. The van der Waals surface area contributed by atoms with Crippen LogP contribution in [-0.2, 0) is 4.79 Å². The third-order valence-electron chi connectivity index (χ3n) is 5.22. The lowest BCUT2D eigenvalue weighted by Gasteiger charge is -2.28. The van der Waals surface area contributed by atoms with Crippen LogP contribution >= 0.6 is 0 Å². The molecule has 2 N–H and O–H groups in total. The Kier molecular flexibility index (Phi) is 8.42. The number of amides is 2. The Balaban J connectivity index is 2.12. The summed E-state index contributed by atoms with van der Waals surface area (Å²) in [6.07, 6.45) is 0. The number of hydrogen-bond donors (Lipinski definition) is 2. The number of carbonyl (C=O) groups excluding carboxylic acids is 2. The monoisotopic (exact) mass is 411 g/mol. The Morgan fingerprint density at radius 3 is 2.27 bits per heavy atom. The highest BCUT2D eigenvalue weighted by Crippen LogP contribution is 2.27. The molecule has 0 aromatic heterocycles. The minimum Gasteiger partial charge on any atom is -0.496 e. The Hall–Kier alpha value is -2.86. The quantitative estimate of drug-likeness (QED) is 0.665. The summed E-state index contributed by atoms with van der Waals surface area (Å²) in [7, 11) is 5.56. The highest BCUT2D eigenvalue weighted by atomic mass is 16.5. The Bertz CT molecular complexity index is 864. The zero-order chi connectivity index (χ0) is 22.3. The number of nitrogens with zero attached hydrogens (tertiary/aromatic N) is 1. The second-order valence-corrected chi connectivity index (χ2v) is 7.98. The van der Waals surface area contributed by atoms with Crippen LogP contribution in [0.3, 0.4) is 0 Å². The van der Waals surface area contributed by atoms with Crippen LogP contribution in [0, 0.1) is 12.8 Å². The van der Waals surface area contributed by atoms with E-state index >= 15 is 0 Å². The van der Waals surface area contributed by atoms with Crippen molar-refractivity contribution in [3.8, 4) is 5.75 Å². The number of methoxy groups -OCH3 is 1. The molecule has 6 heteroatoms. The van der Waals surface area contributed by atoms with Crippen LogP contribution in [0.15, 0.2) is 48.5 Å². The van der Waals surface area contributed by atoms with Gasteiger partial charge >= 0.3 is 0 Å². The molecule has 0 bridgehead atoms. The van der Waals surface area contributed by atoms with Gasteiger partial charge < -0.3 is 20.3 Å². The molecular weight excluding hydrogens is 378 g/mol. The van der Waals surface area contributed by atoms with Crippen LogP contribution in [0.1, 0.15) is 41.4 Å². The van der Waals surface area contributed by atoms with Crippen molar-refractivity contribution < 1.29 is 14.3 Å². The molecule has 162 valence electrons. The van der Waals surface area contributed by atoms with E-state index in [1.807, 2.05) is 82.2 Å². The molecule has 2 amide bonds. The molecule has 0 saturated heterocycles. The normalized spacial score (nSPS) is 13.1. The Labute approximate surface area is 179 Å². The molecule has 0 fully saturated rings. The zero-order valence-corrected chi connectivity index (χ0v) is 18.7. The largest absolute Gasteiger partial charge is 0.496 e. The Morgan fingerprint density at radius 1 is 1.03 bits per heavy atom. The minimum atomic E-state index is -0.627. The lowest BCUT2D eigenvalue weighted by Crippen LogP contribution is -2.51. The second-order valence-electron chi connectivity index (χ2n) is 7.98. The molecule has 0 saturated carbocycles. The lowest BCUT2D eigenvalue weighted by molar-refractivity contribution is -0.124. The molecule has 0 spiro atoms. The van der Waals surface area contributed by atoms with Crippen LogP contribution in [-0.4, -0.2) is 50.5 Å². The Morgan fingerprint density at radius 2 is 1.67 bits per heavy atom. The van der Waals surface area contributed by atoms with Gasteiger partial charge in [0.2, 0.25) is 5.91 Å². The summed E-state index contributed by atoms with van der Waals surface area (Å²) in [5.74, 6) is 0.283. The predicted octanol–water partition coefficient (Wildman–Crippen LogP) is 3.18. The summed E-state index contributed by atoms with van der Waals surface area (Å²) in [6, 6.07) is 14.4. The van der Waals surface area contributed by atoms with E-state index < -0.39 is 6.04 Å². The number of benzene rings is 2. The average Bonchev–Trinajstić information content (AvgIpc) is 2.72. The second kappa shape index (κ2) is 10.8. The lowest BCUT2D eigenvalue weighted by atomic mass is 10.0. The number of para-hydroxylation sites is 1. The van der Waals surface area contributed by atoms with Crippen LogP contribution in [0.4, 0.5) is 0 Å². The fourth-order valence-electron chi connectivity index (χ4n) is 3.40. The van der Waals surface area contributed by atoms with Gasteiger partial charge in [-0.3, -0.25) is 9.59 Å². The van der Waals surface area contributed by atoms with E-state index in [1.165, 1.54) is 0 Å². The van der Waals surface area contributed by atoms with Gasteiger partial charge in [-0.25, -0.2) is 0 Å². The van der Waals surface area contributed by atoms with Crippen molar-refractivity contribution in [1.82, 2.24) is 15.5 Å². The van der Waals surface area contributed by atoms with Gasteiger partial charge in [-0.15, -0.1) is 0 Å². The summed E-state index contributed by atoms with van der Waals surface area (Å²) in [5.41, 5.74) is 2.45. The van der Waals surface area contributed by atoms with Gasteiger partial charge in [-0.05, 0) is 44.6 Å². The average molecular weight is 412 g/mol. The zero-order valence-electron chi connectivity index (χ0n) is 18.7. The topological polar surface area (TPSA) is 70.7 Å². The summed E-state index contributed by atoms with van der Waals surface area (Å²) < 4.78 is 5.49.